The SMILES string of the molecule is COc1cccc(Oc2ccc(Cl)cc2Cl)c1C(C)=O. The maximum Gasteiger partial charge on any atom is 0.167 e. The second-order valence-corrected chi connectivity index (χ2v) is 4.91. The number of carbonyl (C=O) groups excluding carboxylic acids is 1. The predicted octanol–water partition coefficient (Wildman–Crippen LogP) is 5.00. The predicted molar refractivity (Wildman–Crippen MR) is 79.5 cm³/mol. The lowest BCUT2D eigenvalue weighted by atomic mass is 10.1. The molecule has 0 aromatic heterocycles. The minimum atomic E-state index is -0.150. The van der Waals surface area contributed by atoms with E-state index in [1.54, 1.807) is 36.4 Å². The average Bonchev–Trinajstić information content (AvgIpc) is 2.41. The average molecular weight is 311 g/mol. The lowest BCUT2D eigenvalue weighted by molar-refractivity contribution is 0.101. The van der Waals surface area contributed by atoms with Gasteiger partial charge in [-0.25, -0.2) is 0 Å². The van der Waals surface area contributed by atoms with Gasteiger partial charge in [0.05, 0.1) is 12.1 Å². The number of ketones is 1. The number of hydrogen-bond donors (Lipinski definition) is 0. The van der Waals surface area contributed by atoms with E-state index in [2.05, 4.69) is 0 Å². The van der Waals surface area contributed by atoms with Crippen LogP contribution in [-0.4, -0.2) is 12.9 Å². The fourth-order valence-corrected chi connectivity index (χ4v) is 2.24. The Bertz CT molecular complexity index is 654. The maximum absolute atomic E-state index is 11.8. The van der Waals surface area contributed by atoms with Crippen molar-refractivity contribution in [2.75, 3.05) is 7.11 Å². The number of Topliss-reactive ketones (excluding diaryl/α,β-unsaturated/α-hetero) is 1. The molecule has 0 aliphatic rings. The van der Waals surface area contributed by atoms with Gasteiger partial charge in [0.15, 0.2) is 5.78 Å². The van der Waals surface area contributed by atoms with Crippen LogP contribution in [0.3, 0.4) is 0 Å². The second-order valence-electron chi connectivity index (χ2n) is 4.07. The Morgan fingerprint density at radius 3 is 2.35 bits per heavy atom. The van der Waals surface area contributed by atoms with Crippen molar-refractivity contribution in [3.05, 3.63) is 52.0 Å². The van der Waals surface area contributed by atoms with Crippen LogP contribution in [0, 0.1) is 0 Å². The summed E-state index contributed by atoms with van der Waals surface area (Å²) in [7, 11) is 1.50. The van der Waals surface area contributed by atoms with E-state index in [4.69, 9.17) is 32.7 Å². The first-order chi connectivity index (χ1) is 9.52. The third kappa shape index (κ3) is 3.06. The molecule has 0 saturated heterocycles. The smallest absolute Gasteiger partial charge is 0.167 e. The molecule has 0 aliphatic heterocycles. The molecule has 0 atom stereocenters. The number of halogens is 2. The fourth-order valence-electron chi connectivity index (χ4n) is 1.79. The van der Waals surface area contributed by atoms with Gasteiger partial charge in [-0.1, -0.05) is 29.3 Å². The molecule has 0 bridgehead atoms. The lowest BCUT2D eigenvalue weighted by Crippen LogP contribution is -2.01. The molecule has 104 valence electrons. The zero-order valence-electron chi connectivity index (χ0n) is 10.9. The van der Waals surface area contributed by atoms with Crippen molar-refractivity contribution in [3.63, 3.8) is 0 Å². The Morgan fingerprint density at radius 1 is 1.05 bits per heavy atom. The van der Waals surface area contributed by atoms with E-state index in [9.17, 15) is 4.79 Å². The van der Waals surface area contributed by atoms with E-state index in [-0.39, 0.29) is 5.78 Å². The first-order valence-corrected chi connectivity index (χ1v) is 6.59. The van der Waals surface area contributed by atoms with Crippen LogP contribution in [0.5, 0.6) is 17.2 Å². The van der Waals surface area contributed by atoms with Gasteiger partial charge in [-0.05, 0) is 37.3 Å². The van der Waals surface area contributed by atoms with E-state index in [1.807, 2.05) is 0 Å². The van der Waals surface area contributed by atoms with Gasteiger partial charge in [0.25, 0.3) is 0 Å². The topological polar surface area (TPSA) is 35.5 Å². The maximum atomic E-state index is 11.8. The molecule has 0 fully saturated rings. The monoisotopic (exact) mass is 310 g/mol. The van der Waals surface area contributed by atoms with Crippen LogP contribution in [0.15, 0.2) is 36.4 Å². The summed E-state index contributed by atoms with van der Waals surface area (Å²) in [5, 5.41) is 0.884. The van der Waals surface area contributed by atoms with E-state index in [1.165, 1.54) is 14.0 Å². The Labute approximate surface area is 127 Å². The molecule has 20 heavy (non-hydrogen) atoms. The molecule has 0 unspecified atom stereocenters. The first-order valence-electron chi connectivity index (χ1n) is 5.83. The summed E-state index contributed by atoms with van der Waals surface area (Å²) in [5.41, 5.74) is 0.376. The second kappa shape index (κ2) is 6.16. The highest BCUT2D eigenvalue weighted by Crippen LogP contribution is 2.36. The normalized spacial score (nSPS) is 10.2. The highest BCUT2D eigenvalue weighted by Gasteiger charge is 2.16. The van der Waals surface area contributed by atoms with Crippen LogP contribution < -0.4 is 9.47 Å². The Kier molecular flexibility index (Phi) is 4.53. The van der Waals surface area contributed by atoms with Crippen molar-refractivity contribution < 1.29 is 14.3 Å². The van der Waals surface area contributed by atoms with Gasteiger partial charge in [0.1, 0.15) is 22.8 Å². The molecule has 0 spiro atoms. The summed E-state index contributed by atoms with van der Waals surface area (Å²) in [5.74, 6) is 1.12. The van der Waals surface area contributed by atoms with Crippen molar-refractivity contribution in [2.45, 2.75) is 6.92 Å². The highest BCUT2D eigenvalue weighted by molar-refractivity contribution is 6.35. The summed E-state index contributed by atoms with van der Waals surface area (Å²) in [6.07, 6.45) is 0. The molecular formula is C15H12Cl2O3. The van der Waals surface area contributed by atoms with E-state index < -0.39 is 0 Å². The van der Waals surface area contributed by atoms with Gasteiger partial charge < -0.3 is 9.47 Å². The van der Waals surface area contributed by atoms with Crippen molar-refractivity contribution in [3.8, 4) is 17.2 Å². The van der Waals surface area contributed by atoms with E-state index in [0.717, 1.165) is 0 Å². The molecule has 0 radical (unpaired) electrons. The Hall–Kier alpha value is -1.71. The van der Waals surface area contributed by atoms with Gasteiger partial charge >= 0.3 is 0 Å². The van der Waals surface area contributed by atoms with E-state index >= 15 is 0 Å². The largest absolute Gasteiger partial charge is 0.496 e. The van der Waals surface area contributed by atoms with Gasteiger partial charge in [-0.3, -0.25) is 4.79 Å². The quantitative estimate of drug-likeness (QED) is 0.746. The number of benzene rings is 2. The first kappa shape index (κ1) is 14.7. The summed E-state index contributed by atoms with van der Waals surface area (Å²) in [6.45, 7) is 1.45. The van der Waals surface area contributed by atoms with Gasteiger partial charge in [0.2, 0.25) is 0 Å². The van der Waals surface area contributed by atoms with Crippen LogP contribution in [0.1, 0.15) is 17.3 Å². The van der Waals surface area contributed by atoms with E-state index in [0.29, 0.717) is 32.9 Å². The summed E-state index contributed by atoms with van der Waals surface area (Å²) in [6, 6.07) is 10.0. The van der Waals surface area contributed by atoms with Crippen molar-refractivity contribution in [1.29, 1.82) is 0 Å². The number of rotatable bonds is 4. The zero-order chi connectivity index (χ0) is 14.7. The van der Waals surface area contributed by atoms with Crippen LogP contribution in [0.2, 0.25) is 10.0 Å². The van der Waals surface area contributed by atoms with Crippen LogP contribution in [-0.2, 0) is 0 Å². The minimum absolute atomic E-state index is 0.150. The van der Waals surface area contributed by atoms with Crippen LogP contribution in [0.25, 0.3) is 0 Å². The summed E-state index contributed by atoms with van der Waals surface area (Å²) < 4.78 is 10.9. The zero-order valence-corrected chi connectivity index (χ0v) is 12.5. The number of carbonyl (C=O) groups is 1. The molecule has 2 rings (SSSR count). The van der Waals surface area contributed by atoms with Crippen LogP contribution >= 0.6 is 23.2 Å². The molecule has 0 saturated carbocycles. The Morgan fingerprint density at radius 2 is 1.75 bits per heavy atom. The molecular weight excluding hydrogens is 299 g/mol. The molecule has 5 heteroatoms. The van der Waals surface area contributed by atoms with Crippen molar-refractivity contribution >= 4 is 29.0 Å². The molecule has 2 aromatic rings. The highest BCUT2D eigenvalue weighted by atomic mass is 35.5. The Balaban J connectivity index is 2.45. The number of methoxy groups -OCH3 is 1. The molecule has 2 aromatic carbocycles. The third-order valence-corrected chi connectivity index (χ3v) is 3.20. The molecule has 0 amide bonds. The van der Waals surface area contributed by atoms with Crippen molar-refractivity contribution in [2.24, 2.45) is 0 Å². The van der Waals surface area contributed by atoms with Gasteiger partial charge in [0, 0.05) is 5.02 Å². The summed E-state index contributed by atoms with van der Waals surface area (Å²) >= 11 is 11.9. The van der Waals surface area contributed by atoms with Gasteiger partial charge in [-0.2, -0.15) is 0 Å². The fraction of sp³-hybridized carbons (Fsp3) is 0.133. The minimum Gasteiger partial charge on any atom is -0.496 e. The number of hydrogen-bond acceptors (Lipinski definition) is 3. The van der Waals surface area contributed by atoms with Gasteiger partial charge in [-0.15, -0.1) is 0 Å². The third-order valence-electron chi connectivity index (χ3n) is 2.67. The molecule has 3 nitrogen and oxygen atoms in total. The summed E-state index contributed by atoms with van der Waals surface area (Å²) in [4.78, 5) is 11.8. The molecule has 0 heterocycles. The standard InChI is InChI=1S/C15H12Cl2O3/c1-9(18)15-13(19-2)4-3-5-14(15)20-12-7-6-10(16)8-11(12)17/h3-8H,1-2H3. The number of ether oxygens (including phenoxy) is 2. The lowest BCUT2D eigenvalue weighted by Gasteiger charge is -2.13. The van der Waals surface area contributed by atoms with Crippen LogP contribution in [0.4, 0.5) is 0 Å². The molecule has 0 aliphatic carbocycles. The van der Waals surface area contributed by atoms with Crippen molar-refractivity contribution in [1.82, 2.24) is 0 Å². The molecule has 0 N–H and O–H groups in total.